The molecular weight excluding hydrogens is 327 g/mol. The second-order valence-corrected chi connectivity index (χ2v) is 5.25. The molecule has 0 aliphatic rings. The van der Waals surface area contributed by atoms with E-state index in [1.807, 2.05) is 6.92 Å². The van der Waals surface area contributed by atoms with Gasteiger partial charge in [-0.25, -0.2) is 0 Å². The summed E-state index contributed by atoms with van der Waals surface area (Å²) < 4.78 is 0.687. The molecule has 0 heterocycles. The maximum Gasteiger partial charge on any atom is 0.225 e. The van der Waals surface area contributed by atoms with Crippen molar-refractivity contribution in [3.8, 4) is 0 Å². The molecule has 0 spiro atoms. The molecule has 1 aromatic carbocycles. The molecule has 0 aliphatic carbocycles. The summed E-state index contributed by atoms with van der Waals surface area (Å²) in [6, 6.07) is 3.27. The van der Waals surface area contributed by atoms with Gasteiger partial charge in [-0.15, -0.1) is 0 Å². The molecule has 0 bridgehead atoms. The Morgan fingerprint density at radius 1 is 1.47 bits per heavy atom. The molecule has 0 aliphatic heterocycles. The minimum absolute atomic E-state index is 0.139. The number of carbonyl (C=O) groups is 1. The molecule has 94 valence electrons. The van der Waals surface area contributed by atoms with E-state index < -0.39 is 0 Å². The van der Waals surface area contributed by atoms with E-state index in [0.717, 1.165) is 6.42 Å². The highest BCUT2D eigenvalue weighted by Gasteiger charge is 2.12. The predicted molar refractivity (Wildman–Crippen MR) is 75.7 cm³/mol. The molecule has 6 heteroatoms. The molecule has 0 aromatic heterocycles. The third kappa shape index (κ3) is 4.14. The van der Waals surface area contributed by atoms with Gasteiger partial charge in [0, 0.05) is 16.9 Å². The van der Waals surface area contributed by atoms with Crippen LogP contribution in [0.15, 0.2) is 16.6 Å². The molecule has 17 heavy (non-hydrogen) atoms. The first-order valence-electron chi connectivity index (χ1n) is 5.14. The molecule has 1 amide bonds. The van der Waals surface area contributed by atoms with Crippen molar-refractivity contribution in [3.05, 3.63) is 26.7 Å². The van der Waals surface area contributed by atoms with Gasteiger partial charge < -0.3 is 11.1 Å². The fourth-order valence-corrected chi connectivity index (χ4v) is 2.03. The van der Waals surface area contributed by atoms with E-state index in [1.165, 1.54) is 0 Å². The normalized spacial score (nSPS) is 12.3. The number of rotatable bonds is 4. The maximum absolute atomic E-state index is 11.6. The van der Waals surface area contributed by atoms with Gasteiger partial charge in [0.15, 0.2) is 0 Å². The topological polar surface area (TPSA) is 55.1 Å². The van der Waals surface area contributed by atoms with Crippen LogP contribution in [0.3, 0.4) is 0 Å². The summed E-state index contributed by atoms with van der Waals surface area (Å²) in [7, 11) is 0. The Labute approximate surface area is 119 Å². The molecule has 1 atom stereocenters. The van der Waals surface area contributed by atoms with E-state index in [1.54, 1.807) is 12.1 Å². The van der Waals surface area contributed by atoms with Crippen LogP contribution in [0.4, 0.5) is 5.69 Å². The van der Waals surface area contributed by atoms with Crippen LogP contribution in [0.1, 0.15) is 19.8 Å². The fraction of sp³-hybridized carbons (Fsp3) is 0.364. The molecule has 0 saturated heterocycles. The number of nitrogens with two attached hydrogens (primary N) is 1. The summed E-state index contributed by atoms with van der Waals surface area (Å²) in [6.45, 7) is 1.93. The van der Waals surface area contributed by atoms with Gasteiger partial charge in [-0.05, 0) is 34.5 Å². The van der Waals surface area contributed by atoms with Crippen molar-refractivity contribution < 1.29 is 4.79 Å². The smallest absolute Gasteiger partial charge is 0.225 e. The van der Waals surface area contributed by atoms with Crippen molar-refractivity contribution in [1.82, 2.24) is 0 Å². The van der Waals surface area contributed by atoms with E-state index in [2.05, 4.69) is 21.2 Å². The van der Waals surface area contributed by atoms with Crippen molar-refractivity contribution >= 4 is 50.7 Å². The summed E-state index contributed by atoms with van der Waals surface area (Å²) in [4.78, 5) is 11.6. The SMILES string of the molecule is CCC(N)CC(=O)Nc1ccc(Br)c(Cl)c1Cl. The highest BCUT2D eigenvalue weighted by molar-refractivity contribution is 9.10. The molecule has 0 saturated carbocycles. The average Bonchev–Trinajstić information content (AvgIpc) is 2.29. The van der Waals surface area contributed by atoms with E-state index in [9.17, 15) is 4.79 Å². The molecule has 0 radical (unpaired) electrons. The zero-order valence-corrected chi connectivity index (χ0v) is 12.4. The molecule has 1 rings (SSSR count). The lowest BCUT2D eigenvalue weighted by atomic mass is 10.1. The molecule has 0 fully saturated rings. The van der Waals surface area contributed by atoms with Gasteiger partial charge in [0.2, 0.25) is 5.91 Å². The zero-order chi connectivity index (χ0) is 13.0. The monoisotopic (exact) mass is 338 g/mol. The summed E-state index contributed by atoms with van der Waals surface area (Å²) >= 11 is 15.2. The third-order valence-corrected chi connectivity index (χ3v) is 4.05. The number of nitrogens with one attached hydrogen (secondary N) is 1. The van der Waals surface area contributed by atoms with Crippen molar-refractivity contribution in [2.24, 2.45) is 5.73 Å². The Bertz CT molecular complexity index is 426. The van der Waals surface area contributed by atoms with Crippen molar-refractivity contribution in [2.75, 3.05) is 5.32 Å². The quantitative estimate of drug-likeness (QED) is 0.819. The molecular formula is C11H13BrCl2N2O. The standard InChI is InChI=1S/C11H13BrCl2N2O/c1-2-6(15)5-9(17)16-8-4-3-7(12)10(13)11(8)14/h3-4,6H,2,5,15H2,1H3,(H,16,17). The van der Waals surface area contributed by atoms with Gasteiger partial charge in [-0.2, -0.15) is 0 Å². The first kappa shape index (κ1) is 14.8. The summed E-state index contributed by atoms with van der Waals surface area (Å²) in [5.74, 6) is -0.167. The Hall–Kier alpha value is -0.290. The van der Waals surface area contributed by atoms with Crippen LogP contribution in [0.25, 0.3) is 0 Å². The largest absolute Gasteiger partial charge is 0.327 e. The van der Waals surface area contributed by atoms with Crippen LogP contribution in [-0.4, -0.2) is 11.9 Å². The van der Waals surface area contributed by atoms with Crippen LogP contribution < -0.4 is 11.1 Å². The lowest BCUT2D eigenvalue weighted by Crippen LogP contribution is -2.26. The number of anilines is 1. The van der Waals surface area contributed by atoms with Gasteiger partial charge in [0.1, 0.15) is 0 Å². The van der Waals surface area contributed by atoms with Gasteiger partial charge in [0.05, 0.1) is 15.7 Å². The van der Waals surface area contributed by atoms with Crippen LogP contribution in [-0.2, 0) is 4.79 Å². The van der Waals surface area contributed by atoms with Crippen molar-refractivity contribution in [3.63, 3.8) is 0 Å². The van der Waals surface area contributed by atoms with Gasteiger partial charge in [0.25, 0.3) is 0 Å². The number of carbonyl (C=O) groups excluding carboxylic acids is 1. The summed E-state index contributed by atoms with van der Waals surface area (Å²) in [5.41, 5.74) is 6.19. The Balaban J connectivity index is 2.76. The molecule has 3 nitrogen and oxygen atoms in total. The first-order valence-corrected chi connectivity index (χ1v) is 6.69. The van der Waals surface area contributed by atoms with Crippen molar-refractivity contribution in [1.29, 1.82) is 0 Å². The Morgan fingerprint density at radius 3 is 2.71 bits per heavy atom. The lowest BCUT2D eigenvalue weighted by Gasteiger charge is -2.11. The first-order chi connectivity index (χ1) is 7.95. The Morgan fingerprint density at radius 2 is 2.12 bits per heavy atom. The second-order valence-electron chi connectivity index (χ2n) is 3.64. The number of halogens is 3. The Kier molecular flexibility index (Phi) is 5.73. The summed E-state index contributed by atoms with van der Waals surface area (Å²) in [6.07, 6.45) is 1.02. The second kappa shape index (κ2) is 6.59. The summed E-state index contributed by atoms with van der Waals surface area (Å²) in [5, 5.41) is 3.39. The van der Waals surface area contributed by atoms with Gasteiger partial charge in [-0.3, -0.25) is 4.79 Å². The predicted octanol–water partition coefficient (Wildman–Crippen LogP) is 3.82. The number of hydrogen-bond donors (Lipinski definition) is 2. The van der Waals surface area contributed by atoms with Gasteiger partial charge >= 0.3 is 0 Å². The molecule has 1 aromatic rings. The highest BCUT2D eigenvalue weighted by atomic mass is 79.9. The van der Waals surface area contributed by atoms with E-state index >= 15 is 0 Å². The van der Waals surface area contributed by atoms with Crippen LogP contribution in [0.5, 0.6) is 0 Å². The minimum atomic E-state index is -0.167. The number of benzene rings is 1. The molecule has 1 unspecified atom stereocenters. The maximum atomic E-state index is 11.6. The van der Waals surface area contributed by atoms with Crippen LogP contribution >= 0.6 is 39.1 Å². The van der Waals surface area contributed by atoms with Crippen molar-refractivity contribution in [2.45, 2.75) is 25.8 Å². The average molecular weight is 340 g/mol. The highest BCUT2D eigenvalue weighted by Crippen LogP contribution is 2.35. The fourth-order valence-electron chi connectivity index (χ4n) is 1.21. The van der Waals surface area contributed by atoms with E-state index in [0.29, 0.717) is 20.2 Å². The molecule has 3 N–H and O–H groups in total. The van der Waals surface area contributed by atoms with Gasteiger partial charge in [-0.1, -0.05) is 30.1 Å². The van der Waals surface area contributed by atoms with Crippen LogP contribution in [0, 0.1) is 0 Å². The zero-order valence-electron chi connectivity index (χ0n) is 9.27. The number of hydrogen-bond acceptors (Lipinski definition) is 2. The van der Waals surface area contributed by atoms with E-state index in [4.69, 9.17) is 28.9 Å². The van der Waals surface area contributed by atoms with E-state index in [-0.39, 0.29) is 18.4 Å². The lowest BCUT2D eigenvalue weighted by molar-refractivity contribution is -0.116. The number of amides is 1. The third-order valence-electron chi connectivity index (χ3n) is 2.28. The minimum Gasteiger partial charge on any atom is -0.327 e. The van der Waals surface area contributed by atoms with Crippen LogP contribution in [0.2, 0.25) is 10.0 Å².